The zero-order valence-corrected chi connectivity index (χ0v) is 20.9. The zero-order chi connectivity index (χ0) is 24.9. The Morgan fingerprint density at radius 3 is 2.72 bits per heavy atom. The van der Waals surface area contributed by atoms with Gasteiger partial charge in [0, 0.05) is 22.9 Å². The number of hydrogen-bond donors (Lipinski definition) is 2. The molecule has 2 N–H and O–H groups in total. The first-order valence-corrected chi connectivity index (χ1v) is 12.7. The molecule has 186 valence electrons. The maximum atomic E-state index is 13.2. The zero-order valence-electron chi connectivity index (χ0n) is 18.5. The van der Waals surface area contributed by atoms with Gasteiger partial charge in [0.05, 0.1) is 36.5 Å². The van der Waals surface area contributed by atoms with E-state index in [9.17, 15) is 13.2 Å². The normalized spacial score (nSPS) is 14.7. The molecule has 1 aromatic carbocycles. The van der Waals surface area contributed by atoms with E-state index in [1.807, 2.05) is 21.4 Å². The molecule has 36 heavy (non-hydrogen) atoms. The topological polar surface area (TPSA) is 96.8 Å². The number of aromatic nitrogens is 6. The molecule has 0 saturated carbocycles. The first-order chi connectivity index (χ1) is 17.4. The molecule has 0 atom stereocenters. The molecular weight excluding hydrogens is 561 g/mol. The molecule has 14 heteroatoms. The fraction of sp³-hybridized carbons (Fsp3) is 0.273. The number of hydrogen-bond acceptors (Lipinski definition) is 8. The monoisotopic (exact) mass is 578 g/mol. The summed E-state index contributed by atoms with van der Waals surface area (Å²) >= 11 is 4.78. The Balaban J connectivity index is 1.36. The Hall–Kier alpha value is -3.23. The second-order valence-corrected chi connectivity index (χ2v) is 9.76. The number of halogens is 4. The lowest BCUT2D eigenvalue weighted by Gasteiger charge is -2.27. The van der Waals surface area contributed by atoms with Gasteiger partial charge < -0.3 is 19.9 Å². The molecule has 9 nitrogen and oxygen atoms in total. The number of H-pyrrole nitrogens is 1. The number of morpholine rings is 1. The molecule has 0 spiro atoms. The highest BCUT2D eigenvalue weighted by atomic mass is 79.9. The van der Waals surface area contributed by atoms with Crippen LogP contribution >= 0.6 is 27.3 Å². The predicted molar refractivity (Wildman–Crippen MR) is 134 cm³/mol. The number of aromatic amines is 1. The third-order valence-electron chi connectivity index (χ3n) is 5.80. The summed E-state index contributed by atoms with van der Waals surface area (Å²) in [7, 11) is 0. The Kier molecular flexibility index (Phi) is 5.80. The number of nitrogens with one attached hydrogen (secondary N) is 2. The van der Waals surface area contributed by atoms with Crippen LogP contribution in [0, 0.1) is 0 Å². The van der Waals surface area contributed by atoms with Crippen LogP contribution < -0.4 is 10.2 Å². The summed E-state index contributed by atoms with van der Waals surface area (Å²) in [4.78, 5) is 23.6. The van der Waals surface area contributed by atoms with Crippen LogP contribution in [0.15, 0.2) is 39.8 Å². The third-order valence-corrected chi connectivity index (χ3v) is 7.08. The van der Waals surface area contributed by atoms with Crippen molar-refractivity contribution >= 4 is 61.2 Å². The Labute approximate surface area is 214 Å². The molecule has 0 bridgehead atoms. The number of ether oxygens (including phenoxy) is 1. The van der Waals surface area contributed by atoms with Gasteiger partial charge in [-0.15, -0.1) is 0 Å². The Morgan fingerprint density at radius 1 is 1.14 bits per heavy atom. The van der Waals surface area contributed by atoms with Gasteiger partial charge in [0.15, 0.2) is 17.0 Å². The fourth-order valence-corrected chi connectivity index (χ4v) is 5.22. The van der Waals surface area contributed by atoms with E-state index in [0.717, 1.165) is 17.8 Å². The number of benzene rings is 1. The van der Waals surface area contributed by atoms with Gasteiger partial charge in [0.25, 0.3) is 0 Å². The molecule has 0 amide bonds. The summed E-state index contributed by atoms with van der Waals surface area (Å²) in [5.74, 6) is 1.51. The van der Waals surface area contributed by atoms with E-state index in [4.69, 9.17) is 14.7 Å². The van der Waals surface area contributed by atoms with Crippen molar-refractivity contribution in [2.24, 2.45) is 0 Å². The maximum absolute atomic E-state index is 13.2. The summed E-state index contributed by atoms with van der Waals surface area (Å²) in [6.07, 6.45) is -2.75. The summed E-state index contributed by atoms with van der Waals surface area (Å²) in [5, 5.41) is 7.24. The van der Waals surface area contributed by atoms with Crippen LogP contribution in [-0.4, -0.2) is 55.8 Å². The minimum atomic E-state index is -4.45. The molecule has 0 unspecified atom stereocenters. The molecule has 1 aliphatic rings. The quantitative estimate of drug-likeness (QED) is 0.303. The fourth-order valence-electron chi connectivity index (χ4n) is 4.04. The van der Waals surface area contributed by atoms with Crippen molar-refractivity contribution in [3.63, 3.8) is 0 Å². The second-order valence-electron chi connectivity index (χ2n) is 8.13. The molecule has 1 fully saturated rings. The van der Waals surface area contributed by atoms with Gasteiger partial charge >= 0.3 is 6.18 Å². The van der Waals surface area contributed by atoms with E-state index in [0.29, 0.717) is 60.6 Å². The predicted octanol–water partition coefficient (Wildman–Crippen LogP) is 4.98. The molecule has 1 aliphatic heterocycles. The lowest BCUT2D eigenvalue weighted by molar-refractivity contribution is -0.137. The molecule has 0 aliphatic carbocycles. The average Bonchev–Trinajstić information content (AvgIpc) is 3.61. The van der Waals surface area contributed by atoms with Gasteiger partial charge in [-0.1, -0.05) is 0 Å². The van der Waals surface area contributed by atoms with Gasteiger partial charge in [0.1, 0.15) is 17.7 Å². The molecule has 5 aromatic rings. The first-order valence-electron chi connectivity index (χ1n) is 11.0. The smallest absolute Gasteiger partial charge is 0.378 e. The third kappa shape index (κ3) is 4.29. The summed E-state index contributed by atoms with van der Waals surface area (Å²) in [5.41, 5.74) is 2.13. The molecule has 6 rings (SSSR count). The minimum Gasteiger partial charge on any atom is -0.378 e. The van der Waals surface area contributed by atoms with Crippen molar-refractivity contribution in [3.8, 4) is 5.69 Å². The molecule has 4 aromatic heterocycles. The van der Waals surface area contributed by atoms with Crippen molar-refractivity contribution < 1.29 is 17.9 Å². The van der Waals surface area contributed by atoms with Gasteiger partial charge in [0.2, 0.25) is 5.95 Å². The van der Waals surface area contributed by atoms with E-state index >= 15 is 0 Å². The second kappa shape index (κ2) is 9.01. The lowest BCUT2D eigenvalue weighted by atomic mass is 10.2. The highest BCUT2D eigenvalue weighted by molar-refractivity contribution is 9.10. The van der Waals surface area contributed by atoms with Crippen LogP contribution in [0.3, 0.4) is 0 Å². The number of thiophene rings is 1. The van der Waals surface area contributed by atoms with Gasteiger partial charge in [-0.3, -0.25) is 4.57 Å². The van der Waals surface area contributed by atoms with E-state index in [2.05, 4.69) is 41.1 Å². The number of nitrogens with zero attached hydrogens (tertiary/aromatic N) is 6. The summed E-state index contributed by atoms with van der Waals surface area (Å²) in [6.45, 7) is 2.69. The van der Waals surface area contributed by atoms with Crippen LogP contribution in [-0.2, 0) is 17.5 Å². The number of rotatable bonds is 5. The van der Waals surface area contributed by atoms with Crippen molar-refractivity contribution in [1.29, 1.82) is 0 Å². The summed E-state index contributed by atoms with van der Waals surface area (Å²) < 4.78 is 47.3. The molecular formula is C22H18BrF3N8OS. The number of fused-ring (bicyclic) bond motifs is 2. The van der Waals surface area contributed by atoms with Crippen LogP contribution in [0.25, 0.3) is 27.9 Å². The molecule has 5 heterocycles. The lowest BCUT2D eigenvalue weighted by Crippen LogP contribution is -2.37. The van der Waals surface area contributed by atoms with Gasteiger partial charge in [-0.25, -0.2) is 9.97 Å². The van der Waals surface area contributed by atoms with E-state index in [1.165, 1.54) is 0 Å². The van der Waals surface area contributed by atoms with Crippen LogP contribution in [0.2, 0.25) is 0 Å². The summed E-state index contributed by atoms with van der Waals surface area (Å²) in [6, 6.07) is 4.06. The largest absolute Gasteiger partial charge is 0.416 e. The van der Waals surface area contributed by atoms with Gasteiger partial charge in [-0.05, 0) is 39.5 Å². The van der Waals surface area contributed by atoms with Crippen LogP contribution in [0.4, 0.5) is 24.9 Å². The Morgan fingerprint density at radius 2 is 1.97 bits per heavy atom. The van der Waals surface area contributed by atoms with Crippen LogP contribution in [0.5, 0.6) is 0 Å². The van der Waals surface area contributed by atoms with Crippen molar-refractivity contribution in [2.45, 2.75) is 12.7 Å². The van der Waals surface area contributed by atoms with Crippen molar-refractivity contribution in [3.05, 3.63) is 51.1 Å². The maximum Gasteiger partial charge on any atom is 0.416 e. The number of alkyl halides is 3. The van der Waals surface area contributed by atoms with Crippen molar-refractivity contribution in [2.75, 3.05) is 36.5 Å². The SMILES string of the molecule is FC(F)(F)c1cc(Br)c2nc(CNc3nc(N4CCOCC4)nc4c3ncn4-c3ccsc3)[nH]c2c1. The van der Waals surface area contributed by atoms with Crippen molar-refractivity contribution in [1.82, 2.24) is 29.5 Å². The van der Waals surface area contributed by atoms with E-state index < -0.39 is 11.7 Å². The standard InChI is InChI=1S/C22H18BrF3N8OS/c23-14-7-12(22(24,25)26)8-15-17(14)30-16(29-15)9-27-19-18-20(34(11-28-18)13-1-6-36-10-13)32-21(31-19)33-2-4-35-5-3-33/h1,6-8,10-11H,2-5,9H2,(H,29,30)(H,27,31,32). The minimum absolute atomic E-state index is 0.197. The average molecular weight is 579 g/mol. The Bertz CT molecular complexity index is 1540. The molecule has 1 saturated heterocycles. The van der Waals surface area contributed by atoms with Gasteiger partial charge in [-0.2, -0.15) is 34.5 Å². The van der Waals surface area contributed by atoms with Crippen LogP contribution in [0.1, 0.15) is 11.4 Å². The number of anilines is 2. The van der Waals surface area contributed by atoms with E-state index in [1.54, 1.807) is 17.7 Å². The highest BCUT2D eigenvalue weighted by Gasteiger charge is 2.31. The highest BCUT2D eigenvalue weighted by Crippen LogP contribution is 2.35. The first kappa shape index (κ1) is 23.2. The number of imidazole rings is 2. The van der Waals surface area contributed by atoms with E-state index in [-0.39, 0.29) is 16.5 Å². The molecule has 0 radical (unpaired) electrons.